The molecule has 1 heterocycles. The molecule has 0 amide bonds. The first-order valence-electron chi connectivity index (χ1n) is 5.76. The Morgan fingerprint density at radius 3 is 2.61 bits per heavy atom. The monoisotopic (exact) mass is 368 g/mol. The molecule has 0 aliphatic carbocycles. The molecule has 1 unspecified atom stereocenters. The Bertz CT molecular complexity index is 529. The third kappa shape index (κ3) is 3.64. The molecule has 1 aromatic carbocycles. The van der Waals surface area contributed by atoms with E-state index < -0.39 is 0 Å². The van der Waals surface area contributed by atoms with Crippen LogP contribution in [0.25, 0.3) is 0 Å². The van der Waals surface area contributed by atoms with E-state index >= 15 is 0 Å². The Balaban J connectivity index is 2.00. The van der Waals surface area contributed by atoms with Gasteiger partial charge in [0.15, 0.2) is 0 Å². The van der Waals surface area contributed by atoms with Gasteiger partial charge in [0, 0.05) is 17.1 Å². The first-order valence-corrected chi connectivity index (χ1v) is 7.34. The van der Waals surface area contributed by atoms with E-state index in [4.69, 9.17) is 0 Å². The molecule has 0 radical (unpaired) electrons. The summed E-state index contributed by atoms with van der Waals surface area (Å²) >= 11 is 6.95. The maximum atomic E-state index is 4.40. The van der Waals surface area contributed by atoms with Gasteiger partial charge in [-0.05, 0) is 46.6 Å². The predicted octanol–water partition coefficient (Wildman–Crippen LogP) is 4.46. The zero-order valence-electron chi connectivity index (χ0n) is 10.0. The topological polar surface area (TPSA) is 24.9 Å². The lowest BCUT2D eigenvalue weighted by atomic mass is 10.1. The second-order valence-corrected chi connectivity index (χ2v) is 5.74. The second kappa shape index (κ2) is 6.45. The number of nitrogens with zero attached hydrogens (tertiary/aromatic N) is 1. The van der Waals surface area contributed by atoms with Gasteiger partial charge in [-0.1, -0.05) is 40.2 Å². The first kappa shape index (κ1) is 13.7. The van der Waals surface area contributed by atoms with E-state index in [-0.39, 0.29) is 6.04 Å². The summed E-state index contributed by atoms with van der Waals surface area (Å²) in [7, 11) is 0. The molecule has 4 heteroatoms. The highest BCUT2D eigenvalue weighted by atomic mass is 79.9. The summed E-state index contributed by atoms with van der Waals surface area (Å²) in [6.45, 7) is 2.90. The van der Waals surface area contributed by atoms with Crippen molar-refractivity contribution in [2.45, 2.75) is 19.5 Å². The highest BCUT2D eigenvalue weighted by Gasteiger charge is 2.08. The molecule has 0 saturated carbocycles. The molecule has 0 aliphatic rings. The zero-order chi connectivity index (χ0) is 13.0. The van der Waals surface area contributed by atoms with Crippen LogP contribution in [0.5, 0.6) is 0 Å². The Morgan fingerprint density at radius 2 is 1.89 bits per heavy atom. The zero-order valence-corrected chi connectivity index (χ0v) is 13.2. The van der Waals surface area contributed by atoms with Crippen molar-refractivity contribution in [2.75, 3.05) is 0 Å². The number of nitrogens with one attached hydrogen (secondary N) is 1. The molecule has 94 valence electrons. The summed E-state index contributed by atoms with van der Waals surface area (Å²) in [5.41, 5.74) is 2.29. The van der Waals surface area contributed by atoms with E-state index in [1.807, 2.05) is 24.3 Å². The highest BCUT2D eigenvalue weighted by molar-refractivity contribution is 9.10. The van der Waals surface area contributed by atoms with Gasteiger partial charge < -0.3 is 5.32 Å². The van der Waals surface area contributed by atoms with Crippen molar-refractivity contribution in [2.24, 2.45) is 0 Å². The average Bonchev–Trinajstić information content (AvgIpc) is 2.37. The fourth-order valence-electron chi connectivity index (χ4n) is 1.74. The lowest BCUT2D eigenvalue weighted by Crippen LogP contribution is -2.19. The Labute approximate surface area is 124 Å². The lowest BCUT2D eigenvalue weighted by molar-refractivity contribution is 0.565. The minimum Gasteiger partial charge on any atom is -0.305 e. The molecule has 0 spiro atoms. The first-order chi connectivity index (χ1) is 8.66. The predicted molar refractivity (Wildman–Crippen MR) is 81.3 cm³/mol. The van der Waals surface area contributed by atoms with Crippen molar-refractivity contribution in [1.82, 2.24) is 10.3 Å². The molecule has 0 bridgehead atoms. The molecule has 1 atom stereocenters. The van der Waals surface area contributed by atoms with Gasteiger partial charge in [0.25, 0.3) is 0 Å². The third-order valence-electron chi connectivity index (χ3n) is 2.73. The standard InChI is InChI=1S/C14H14Br2N2/c1-10(12-6-2-3-7-13(12)15)17-9-11-5-4-8-14(16)18-11/h2-8,10,17H,9H2,1H3. The van der Waals surface area contributed by atoms with Crippen LogP contribution in [0.2, 0.25) is 0 Å². The maximum Gasteiger partial charge on any atom is 0.106 e. The van der Waals surface area contributed by atoms with Crippen molar-refractivity contribution in [3.05, 3.63) is 62.8 Å². The van der Waals surface area contributed by atoms with Crippen molar-refractivity contribution < 1.29 is 0 Å². The van der Waals surface area contributed by atoms with E-state index in [0.717, 1.165) is 21.3 Å². The lowest BCUT2D eigenvalue weighted by Gasteiger charge is -2.15. The van der Waals surface area contributed by atoms with E-state index in [0.29, 0.717) is 0 Å². The van der Waals surface area contributed by atoms with Crippen molar-refractivity contribution in [3.8, 4) is 0 Å². The quantitative estimate of drug-likeness (QED) is 0.805. The summed E-state index contributed by atoms with van der Waals surface area (Å²) in [6, 6.07) is 14.5. The molecule has 0 fully saturated rings. The smallest absolute Gasteiger partial charge is 0.106 e. The van der Waals surface area contributed by atoms with Crippen LogP contribution < -0.4 is 5.32 Å². The fourth-order valence-corrected chi connectivity index (χ4v) is 2.75. The minimum absolute atomic E-state index is 0.279. The van der Waals surface area contributed by atoms with Crippen molar-refractivity contribution in [3.63, 3.8) is 0 Å². The maximum absolute atomic E-state index is 4.40. The summed E-state index contributed by atoms with van der Waals surface area (Å²) in [4.78, 5) is 4.40. The van der Waals surface area contributed by atoms with Gasteiger partial charge in [-0.25, -0.2) is 4.98 Å². The van der Waals surface area contributed by atoms with E-state index in [9.17, 15) is 0 Å². The van der Waals surface area contributed by atoms with Gasteiger partial charge in [0.05, 0.1) is 5.69 Å². The van der Waals surface area contributed by atoms with Gasteiger partial charge in [-0.3, -0.25) is 0 Å². The van der Waals surface area contributed by atoms with E-state index in [1.165, 1.54) is 5.56 Å². The average molecular weight is 370 g/mol. The van der Waals surface area contributed by atoms with Crippen molar-refractivity contribution >= 4 is 31.9 Å². The molecule has 2 rings (SSSR count). The van der Waals surface area contributed by atoms with Crippen LogP contribution in [-0.2, 0) is 6.54 Å². The number of hydrogen-bond donors (Lipinski definition) is 1. The van der Waals surface area contributed by atoms with E-state index in [2.05, 4.69) is 67.3 Å². The second-order valence-electron chi connectivity index (χ2n) is 4.08. The number of halogens is 2. The molecule has 1 aromatic heterocycles. The molecule has 1 N–H and O–H groups in total. The summed E-state index contributed by atoms with van der Waals surface area (Å²) in [6.07, 6.45) is 0. The van der Waals surface area contributed by atoms with Crippen LogP contribution in [0.3, 0.4) is 0 Å². The van der Waals surface area contributed by atoms with E-state index in [1.54, 1.807) is 0 Å². The number of benzene rings is 1. The Hall–Kier alpha value is -0.710. The van der Waals surface area contributed by atoms with Crippen LogP contribution in [0.4, 0.5) is 0 Å². The van der Waals surface area contributed by atoms with Crippen LogP contribution in [0.15, 0.2) is 51.5 Å². The van der Waals surface area contributed by atoms with Crippen molar-refractivity contribution in [1.29, 1.82) is 0 Å². The SMILES string of the molecule is CC(NCc1cccc(Br)n1)c1ccccc1Br. The molecule has 0 saturated heterocycles. The van der Waals surface area contributed by atoms with Gasteiger partial charge in [-0.2, -0.15) is 0 Å². The van der Waals surface area contributed by atoms with Gasteiger partial charge in [-0.15, -0.1) is 0 Å². The number of pyridine rings is 1. The Kier molecular flexibility index (Phi) is 4.92. The van der Waals surface area contributed by atoms with Gasteiger partial charge >= 0.3 is 0 Å². The van der Waals surface area contributed by atoms with Crippen LogP contribution >= 0.6 is 31.9 Å². The largest absolute Gasteiger partial charge is 0.305 e. The Morgan fingerprint density at radius 1 is 1.11 bits per heavy atom. The number of rotatable bonds is 4. The molecular weight excluding hydrogens is 356 g/mol. The summed E-state index contributed by atoms with van der Waals surface area (Å²) in [5.74, 6) is 0. The summed E-state index contributed by atoms with van der Waals surface area (Å²) in [5, 5.41) is 3.47. The molecule has 2 aromatic rings. The molecule has 0 aliphatic heterocycles. The molecule has 2 nitrogen and oxygen atoms in total. The number of aromatic nitrogens is 1. The highest BCUT2D eigenvalue weighted by Crippen LogP contribution is 2.22. The van der Waals surface area contributed by atoms with Gasteiger partial charge in [0.2, 0.25) is 0 Å². The van der Waals surface area contributed by atoms with Gasteiger partial charge in [0.1, 0.15) is 4.60 Å². The van der Waals surface area contributed by atoms with Crippen LogP contribution in [0.1, 0.15) is 24.2 Å². The fraction of sp³-hybridized carbons (Fsp3) is 0.214. The molecule has 18 heavy (non-hydrogen) atoms. The van der Waals surface area contributed by atoms with Crippen LogP contribution in [0, 0.1) is 0 Å². The van der Waals surface area contributed by atoms with Crippen LogP contribution in [-0.4, -0.2) is 4.98 Å². The summed E-state index contributed by atoms with van der Waals surface area (Å²) < 4.78 is 2.00. The number of hydrogen-bond acceptors (Lipinski definition) is 2. The molecular formula is C14H14Br2N2. The third-order valence-corrected chi connectivity index (χ3v) is 3.90. The normalized spacial score (nSPS) is 12.4. The minimum atomic E-state index is 0.279.